The predicted molar refractivity (Wildman–Crippen MR) is 59.9 cm³/mol. The number of carbonyl (C=O) groups excluding carboxylic acids is 1. The summed E-state index contributed by atoms with van der Waals surface area (Å²) in [4.78, 5) is 11.8. The molecule has 0 aromatic heterocycles. The van der Waals surface area contributed by atoms with Crippen LogP contribution in [0.15, 0.2) is 24.3 Å². The van der Waals surface area contributed by atoms with E-state index in [9.17, 15) is 9.90 Å². The Morgan fingerprint density at radius 3 is 2.53 bits per heavy atom. The van der Waals surface area contributed by atoms with Gasteiger partial charge in [-0.2, -0.15) is 0 Å². The van der Waals surface area contributed by atoms with E-state index in [1.807, 2.05) is 20.8 Å². The molecule has 0 bridgehead atoms. The molecule has 3 nitrogen and oxygen atoms in total. The molecule has 0 saturated heterocycles. The molecule has 15 heavy (non-hydrogen) atoms. The van der Waals surface area contributed by atoms with Gasteiger partial charge in [0, 0.05) is 5.54 Å². The van der Waals surface area contributed by atoms with Crippen molar-refractivity contribution in [1.29, 1.82) is 0 Å². The maximum atomic E-state index is 11.8. The molecule has 0 aliphatic carbocycles. The van der Waals surface area contributed by atoms with Crippen LogP contribution in [0.4, 0.5) is 0 Å². The van der Waals surface area contributed by atoms with Crippen molar-refractivity contribution in [2.75, 3.05) is 0 Å². The van der Waals surface area contributed by atoms with Crippen molar-refractivity contribution in [3.8, 4) is 5.75 Å². The van der Waals surface area contributed by atoms with Crippen LogP contribution in [-0.4, -0.2) is 16.6 Å². The van der Waals surface area contributed by atoms with Crippen molar-refractivity contribution in [2.45, 2.75) is 32.7 Å². The molecule has 0 radical (unpaired) electrons. The zero-order valence-electron chi connectivity index (χ0n) is 9.37. The Bertz CT molecular complexity index is 358. The maximum absolute atomic E-state index is 11.8. The minimum atomic E-state index is -0.251. The standard InChI is InChI=1S/C12H17NO2/c1-4-12(2,3)13-11(15)9-7-5-6-8-10(9)14/h5-8,14H,4H2,1-3H3,(H,13,15). The first-order chi connectivity index (χ1) is 6.96. The van der Waals surface area contributed by atoms with E-state index in [-0.39, 0.29) is 17.2 Å². The van der Waals surface area contributed by atoms with Gasteiger partial charge < -0.3 is 10.4 Å². The van der Waals surface area contributed by atoms with Crippen LogP contribution in [0.5, 0.6) is 5.75 Å². The number of hydrogen-bond donors (Lipinski definition) is 2. The fourth-order valence-electron chi connectivity index (χ4n) is 1.13. The fraction of sp³-hybridized carbons (Fsp3) is 0.417. The van der Waals surface area contributed by atoms with Gasteiger partial charge in [0.05, 0.1) is 5.56 Å². The van der Waals surface area contributed by atoms with Crippen molar-refractivity contribution in [3.05, 3.63) is 29.8 Å². The van der Waals surface area contributed by atoms with Crippen LogP contribution in [0, 0.1) is 0 Å². The molecule has 1 rings (SSSR count). The first-order valence-corrected chi connectivity index (χ1v) is 5.07. The molecule has 0 saturated carbocycles. The minimum absolute atomic E-state index is 0.0157. The zero-order chi connectivity index (χ0) is 11.5. The highest BCUT2D eigenvalue weighted by molar-refractivity contribution is 5.97. The summed E-state index contributed by atoms with van der Waals surface area (Å²) in [6, 6.07) is 6.54. The molecule has 1 aromatic carbocycles. The average molecular weight is 207 g/mol. The smallest absolute Gasteiger partial charge is 0.255 e. The van der Waals surface area contributed by atoms with E-state index < -0.39 is 0 Å². The normalized spacial score (nSPS) is 11.1. The molecule has 0 aliphatic rings. The molecule has 0 spiro atoms. The summed E-state index contributed by atoms with van der Waals surface area (Å²) < 4.78 is 0. The monoisotopic (exact) mass is 207 g/mol. The predicted octanol–water partition coefficient (Wildman–Crippen LogP) is 2.31. The molecule has 0 fully saturated rings. The van der Waals surface area contributed by atoms with E-state index in [0.717, 1.165) is 6.42 Å². The quantitative estimate of drug-likeness (QED) is 0.799. The van der Waals surface area contributed by atoms with Gasteiger partial charge in [-0.25, -0.2) is 0 Å². The lowest BCUT2D eigenvalue weighted by atomic mass is 10.0. The average Bonchev–Trinajstić information content (AvgIpc) is 2.17. The van der Waals surface area contributed by atoms with Gasteiger partial charge in [-0.05, 0) is 32.4 Å². The number of phenolic OH excluding ortho intramolecular Hbond substituents is 1. The number of carbonyl (C=O) groups is 1. The number of phenols is 1. The Morgan fingerprint density at radius 1 is 1.40 bits per heavy atom. The van der Waals surface area contributed by atoms with Crippen LogP contribution < -0.4 is 5.32 Å². The summed E-state index contributed by atoms with van der Waals surface area (Å²) in [5.74, 6) is -0.221. The SMILES string of the molecule is CCC(C)(C)NC(=O)c1ccccc1O. The number of nitrogens with one attached hydrogen (secondary N) is 1. The maximum Gasteiger partial charge on any atom is 0.255 e. The van der Waals surface area contributed by atoms with E-state index >= 15 is 0 Å². The lowest BCUT2D eigenvalue weighted by Crippen LogP contribution is -2.42. The molecule has 82 valence electrons. The Morgan fingerprint density at radius 2 is 2.00 bits per heavy atom. The third kappa shape index (κ3) is 2.98. The van der Waals surface area contributed by atoms with Crippen molar-refractivity contribution in [1.82, 2.24) is 5.32 Å². The van der Waals surface area contributed by atoms with E-state index in [4.69, 9.17) is 0 Å². The zero-order valence-corrected chi connectivity index (χ0v) is 9.37. The van der Waals surface area contributed by atoms with Crippen LogP contribution in [-0.2, 0) is 0 Å². The largest absolute Gasteiger partial charge is 0.507 e. The summed E-state index contributed by atoms with van der Waals surface area (Å²) in [5, 5.41) is 12.4. The van der Waals surface area contributed by atoms with Gasteiger partial charge in [0.25, 0.3) is 5.91 Å². The second-order valence-electron chi connectivity index (χ2n) is 4.21. The molecule has 1 amide bonds. The molecule has 1 aromatic rings. The summed E-state index contributed by atoms with van der Waals surface area (Å²) in [6.07, 6.45) is 0.840. The van der Waals surface area contributed by atoms with Crippen LogP contribution >= 0.6 is 0 Å². The highest BCUT2D eigenvalue weighted by atomic mass is 16.3. The van der Waals surface area contributed by atoms with Crippen LogP contribution in [0.25, 0.3) is 0 Å². The van der Waals surface area contributed by atoms with Gasteiger partial charge in [-0.1, -0.05) is 19.1 Å². The van der Waals surface area contributed by atoms with Gasteiger partial charge >= 0.3 is 0 Å². The molecule has 0 atom stereocenters. The summed E-state index contributed by atoms with van der Waals surface area (Å²) >= 11 is 0. The van der Waals surface area contributed by atoms with E-state index in [0.29, 0.717) is 5.56 Å². The van der Waals surface area contributed by atoms with Crippen molar-refractivity contribution < 1.29 is 9.90 Å². The van der Waals surface area contributed by atoms with Crippen LogP contribution in [0.3, 0.4) is 0 Å². The van der Waals surface area contributed by atoms with Gasteiger partial charge in [0.2, 0.25) is 0 Å². The van der Waals surface area contributed by atoms with Gasteiger partial charge in [0.15, 0.2) is 0 Å². The second-order valence-corrected chi connectivity index (χ2v) is 4.21. The lowest BCUT2D eigenvalue weighted by Gasteiger charge is -2.24. The highest BCUT2D eigenvalue weighted by Gasteiger charge is 2.20. The summed E-state index contributed by atoms with van der Waals surface area (Å²) in [6.45, 7) is 5.90. The highest BCUT2D eigenvalue weighted by Crippen LogP contribution is 2.17. The Kier molecular flexibility index (Phi) is 3.35. The third-order valence-electron chi connectivity index (χ3n) is 2.48. The van der Waals surface area contributed by atoms with Gasteiger partial charge in [0.1, 0.15) is 5.75 Å². The molecular weight excluding hydrogens is 190 g/mol. The number of hydrogen-bond acceptors (Lipinski definition) is 2. The van der Waals surface area contributed by atoms with Crippen molar-refractivity contribution >= 4 is 5.91 Å². The Hall–Kier alpha value is -1.51. The third-order valence-corrected chi connectivity index (χ3v) is 2.48. The van der Waals surface area contributed by atoms with Gasteiger partial charge in [-0.15, -0.1) is 0 Å². The van der Waals surface area contributed by atoms with Crippen molar-refractivity contribution in [3.63, 3.8) is 0 Å². The summed E-state index contributed by atoms with van der Waals surface area (Å²) in [7, 11) is 0. The number of benzene rings is 1. The molecular formula is C12H17NO2. The number of aromatic hydroxyl groups is 1. The van der Waals surface area contributed by atoms with Crippen LogP contribution in [0.1, 0.15) is 37.6 Å². The van der Waals surface area contributed by atoms with Gasteiger partial charge in [-0.3, -0.25) is 4.79 Å². The number of para-hydroxylation sites is 1. The lowest BCUT2D eigenvalue weighted by molar-refractivity contribution is 0.0908. The molecule has 2 N–H and O–H groups in total. The van der Waals surface area contributed by atoms with Crippen molar-refractivity contribution in [2.24, 2.45) is 0 Å². The molecule has 0 aliphatic heterocycles. The Labute approximate surface area is 90.1 Å². The Balaban J connectivity index is 2.83. The molecule has 0 unspecified atom stereocenters. The van der Waals surface area contributed by atoms with E-state index in [1.54, 1.807) is 18.2 Å². The first-order valence-electron chi connectivity index (χ1n) is 5.07. The summed E-state index contributed by atoms with van der Waals surface area (Å²) in [5.41, 5.74) is 0.0679. The topological polar surface area (TPSA) is 49.3 Å². The first kappa shape index (κ1) is 11.6. The minimum Gasteiger partial charge on any atom is -0.507 e. The molecule has 3 heteroatoms. The van der Waals surface area contributed by atoms with E-state index in [2.05, 4.69) is 5.32 Å². The van der Waals surface area contributed by atoms with E-state index in [1.165, 1.54) is 6.07 Å². The second kappa shape index (κ2) is 4.34. The van der Waals surface area contributed by atoms with Crippen LogP contribution in [0.2, 0.25) is 0 Å². The fourth-order valence-corrected chi connectivity index (χ4v) is 1.13. The molecule has 0 heterocycles. The number of rotatable bonds is 3. The number of amides is 1.